The smallest absolute Gasteiger partial charge is 0.339 e. The minimum Gasteiger partial charge on any atom is -0.832 e. The van der Waals surface area contributed by atoms with Crippen LogP contribution >= 0.6 is 16.5 Å². The van der Waals surface area contributed by atoms with Crippen LogP contribution in [0.2, 0.25) is 0 Å². The quantitative estimate of drug-likeness (QED) is 0.299. The van der Waals surface area contributed by atoms with Gasteiger partial charge in [0, 0.05) is 33.9 Å². The SMILES string of the molecule is CCCCCCCCCCCCCCP.C[P+](C)(C)C.[O-]B(O)O. The van der Waals surface area contributed by atoms with Crippen molar-refractivity contribution in [3.05, 3.63) is 0 Å². The molecule has 1 unspecified atom stereocenters. The topological polar surface area (TPSA) is 63.5 Å². The average molecular weight is 382 g/mol. The fourth-order valence-corrected chi connectivity index (χ4v) is 2.27. The van der Waals surface area contributed by atoms with E-state index in [0.717, 1.165) is 0 Å². The molecule has 0 saturated carbocycles. The molecule has 0 aromatic rings. The Hall–Kier alpha value is 0.805. The summed E-state index contributed by atoms with van der Waals surface area (Å²) in [6.07, 6.45) is 18.7. The minimum atomic E-state index is -2.42. The summed E-state index contributed by atoms with van der Waals surface area (Å²) in [6.45, 7) is 11.5. The second-order valence-corrected chi connectivity index (χ2v) is 13.6. The number of rotatable bonds is 12. The van der Waals surface area contributed by atoms with Gasteiger partial charge in [0.1, 0.15) is 0 Å². The molecule has 24 heavy (non-hydrogen) atoms. The Balaban J connectivity index is -0.000000402. The number of hydrogen-bond donors (Lipinski definition) is 2. The molecule has 3 nitrogen and oxygen atoms in total. The van der Waals surface area contributed by atoms with Crippen LogP contribution in [0.3, 0.4) is 0 Å². The summed E-state index contributed by atoms with van der Waals surface area (Å²) in [7, 11) is 0.00926. The third kappa shape index (κ3) is 66.1. The van der Waals surface area contributed by atoms with Gasteiger partial charge in [-0.25, -0.2) is 0 Å². The van der Waals surface area contributed by atoms with Crippen molar-refractivity contribution >= 4 is 23.8 Å². The van der Waals surface area contributed by atoms with Crippen LogP contribution < -0.4 is 5.02 Å². The highest BCUT2D eigenvalue weighted by atomic mass is 31.2. The molecule has 2 N–H and O–H groups in total. The van der Waals surface area contributed by atoms with E-state index in [9.17, 15) is 0 Å². The standard InChI is InChI=1S/C14H31P.C4H12P.BH2O3/c1-2-3-4-5-6-7-8-9-10-11-12-13-14-15;1-5(2,3)4;2-1(3)4/h2-15H2,1H3;1-4H3;2-3H/q;+1;-1. The van der Waals surface area contributed by atoms with Crippen molar-refractivity contribution in [1.29, 1.82) is 0 Å². The van der Waals surface area contributed by atoms with Gasteiger partial charge >= 0.3 is 7.32 Å². The van der Waals surface area contributed by atoms with Gasteiger partial charge < -0.3 is 15.1 Å². The Labute approximate surface area is 156 Å². The van der Waals surface area contributed by atoms with E-state index in [-0.39, 0.29) is 7.26 Å². The van der Waals surface area contributed by atoms with E-state index in [1.165, 1.54) is 83.2 Å². The number of unbranched alkanes of at least 4 members (excludes halogenated alkanes) is 11. The van der Waals surface area contributed by atoms with Crippen molar-refractivity contribution < 1.29 is 15.1 Å². The van der Waals surface area contributed by atoms with E-state index in [2.05, 4.69) is 42.8 Å². The van der Waals surface area contributed by atoms with Crippen molar-refractivity contribution in [2.75, 3.05) is 32.8 Å². The van der Waals surface area contributed by atoms with Crippen LogP contribution in [0.15, 0.2) is 0 Å². The predicted octanol–water partition coefficient (Wildman–Crippen LogP) is 4.40. The van der Waals surface area contributed by atoms with E-state index in [4.69, 9.17) is 15.1 Å². The van der Waals surface area contributed by atoms with Gasteiger partial charge in [0.25, 0.3) is 0 Å². The Morgan fingerprint density at radius 3 is 1.12 bits per heavy atom. The second-order valence-electron chi connectivity index (χ2n) is 7.69. The number of hydrogen-bond acceptors (Lipinski definition) is 3. The zero-order chi connectivity index (χ0) is 19.3. The van der Waals surface area contributed by atoms with Gasteiger partial charge in [-0.05, 0) is 12.6 Å². The molecular weight excluding hydrogens is 337 g/mol. The molecule has 0 amide bonds. The van der Waals surface area contributed by atoms with Crippen molar-refractivity contribution in [2.45, 2.75) is 84.0 Å². The van der Waals surface area contributed by atoms with Gasteiger partial charge in [-0.3, -0.25) is 0 Å². The summed E-state index contributed by atoms with van der Waals surface area (Å²) in [5.74, 6) is 0. The molecule has 0 spiro atoms. The van der Waals surface area contributed by atoms with Crippen molar-refractivity contribution in [2.24, 2.45) is 0 Å². The van der Waals surface area contributed by atoms with Gasteiger partial charge in [0.15, 0.2) is 0 Å². The highest BCUT2D eigenvalue weighted by Gasteiger charge is 2.03. The first-order valence-corrected chi connectivity index (χ1v) is 14.1. The van der Waals surface area contributed by atoms with Crippen LogP contribution in [-0.2, 0) is 0 Å². The molecule has 0 aliphatic carbocycles. The van der Waals surface area contributed by atoms with Crippen LogP contribution in [-0.4, -0.2) is 50.2 Å². The Morgan fingerprint density at radius 2 is 0.917 bits per heavy atom. The molecule has 0 bridgehead atoms. The zero-order valence-corrected chi connectivity index (χ0v) is 19.1. The molecule has 0 aromatic heterocycles. The molecule has 0 heterocycles. The molecule has 0 rings (SSSR count). The van der Waals surface area contributed by atoms with Crippen molar-refractivity contribution in [3.8, 4) is 0 Å². The summed E-state index contributed by atoms with van der Waals surface area (Å²) in [5, 5.41) is 22.8. The van der Waals surface area contributed by atoms with Gasteiger partial charge in [0.2, 0.25) is 0 Å². The molecule has 148 valence electrons. The van der Waals surface area contributed by atoms with Gasteiger partial charge in [0.05, 0.1) is 0 Å². The second kappa shape index (κ2) is 23.8. The monoisotopic (exact) mass is 382 g/mol. The molecule has 0 aromatic carbocycles. The molecule has 1 atom stereocenters. The minimum absolute atomic E-state index is 0.389. The normalized spacial score (nSPS) is 10.4. The third-order valence-corrected chi connectivity index (χ3v) is 3.47. The van der Waals surface area contributed by atoms with Gasteiger partial charge in [-0.15, -0.1) is 9.24 Å². The highest BCUT2D eigenvalue weighted by Crippen LogP contribution is 2.40. The lowest BCUT2D eigenvalue weighted by molar-refractivity contribution is -0.242. The maximum Gasteiger partial charge on any atom is 0.339 e. The van der Waals surface area contributed by atoms with Crippen molar-refractivity contribution in [3.63, 3.8) is 0 Å². The molecule has 0 radical (unpaired) electrons. The van der Waals surface area contributed by atoms with E-state index >= 15 is 0 Å². The molecule has 0 fully saturated rings. The summed E-state index contributed by atoms with van der Waals surface area (Å²) in [6, 6.07) is 0. The lowest BCUT2D eigenvalue weighted by Crippen LogP contribution is -2.29. The lowest BCUT2D eigenvalue weighted by Gasteiger charge is -2.01. The van der Waals surface area contributed by atoms with E-state index in [1.54, 1.807) is 0 Å². The molecule has 0 aliphatic rings. The molecule has 0 aliphatic heterocycles. The molecular formula is C18H45BO3P2. The fraction of sp³-hybridized carbons (Fsp3) is 1.00. The van der Waals surface area contributed by atoms with Crippen LogP contribution in [0.5, 0.6) is 0 Å². The summed E-state index contributed by atoms with van der Waals surface area (Å²) < 4.78 is 0. The maximum absolute atomic E-state index is 8.64. The lowest BCUT2D eigenvalue weighted by atomic mass is 10.1. The molecule has 6 heteroatoms. The van der Waals surface area contributed by atoms with Crippen LogP contribution in [0.1, 0.15) is 84.0 Å². The highest BCUT2D eigenvalue weighted by molar-refractivity contribution is 7.73. The van der Waals surface area contributed by atoms with Crippen LogP contribution in [0, 0.1) is 0 Å². The van der Waals surface area contributed by atoms with Crippen molar-refractivity contribution in [1.82, 2.24) is 0 Å². The first-order valence-electron chi connectivity index (χ1n) is 9.66. The summed E-state index contributed by atoms with van der Waals surface area (Å²) >= 11 is 0. The third-order valence-electron chi connectivity index (χ3n) is 3.06. The van der Waals surface area contributed by atoms with E-state index in [0.29, 0.717) is 0 Å². The zero-order valence-electron chi connectivity index (χ0n) is 17.1. The maximum atomic E-state index is 8.64. The van der Waals surface area contributed by atoms with Crippen LogP contribution in [0.25, 0.3) is 0 Å². The fourth-order valence-electron chi connectivity index (χ4n) is 1.99. The average Bonchev–Trinajstić information content (AvgIpc) is 2.42. The first kappa shape index (κ1) is 29.6. The molecule has 0 saturated heterocycles. The first-order chi connectivity index (χ1) is 11.1. The largest absolute Gasteiger partial charge is 0.832 e. The Kier molecular flexibility index (Phi) is 29.3. The Bertz CT molecular complexity index is 192. The summed E-state index contributed by atoms with van der Waals surface area (Å²) in [5.41, 5.74) is 0. The van der Waals surface area contributed by atoms with E-state index < -0.39 is 7.32 Å². The Morgan fingerprint density at radius 1 is 0.708 bits per heavy atom. The van der Waals surface area contributed by atoms with Crippen LogP contribution in [0.4, 0.5) is 0 Å². The van der Waals surface area contributed by atoms with Gasteiger partial charge in [-0.1, -0.05) is 77.6 Å². The predicted molar refractivity (Wildman–Crippen MR) is 116 cm³/mol. The summed E-state index contributed by atoms with van der Waals surface area (Å²) in [4.78, 5) is 0. The van der Waals surface area contributed by atoms with Gasteiger partial charge in [-0.2, -0.15) is 0 Å². The van der Waals surface area contributed by atoms with E-state index in [1.807, 2.05) is 0 Å².